The normalized spacial score (nSPS) is 9.72. The first kappa shape index (κ1) is 14.0. The Labute approximate surface area is 105 Å². The van der Waals surface area contributed by atoms with Crippen molar-refractivity contribution in [1.82, 2.24) is 15.5 Å². The van der Waals surface area contributed by atoms with Crippen molar-refractivity contribution in [3.63, 3.8) is 0 Å². The molecule has 0 saturated carbocycles. The molecule has 98 valence electrons. The Morgan fingerprint density at radius 2 is 1.78 bits per heavy atom. The molecule has 0 bridgehead atoms. The number of carbonyl (C=O) groups is 2. The average molecular weight is 253 g/mol. The van der Waals surface area contributed by atoms with E-state index in [1.165, 1.54) is 23.1 Å². The number of benzene rings is 1. The predicted molar refractivity (Wildman–Crippen MR) is 65.8 cm³/mol. The molecule has 0 atom stereocenters. The Morgan fingerprint density at radius 3 is 2.39 bits per heavy atom. The lowest BCUT2D eigenvalue weighted by atomic mass is 10.2. The highest BCUT2D eigenvalue weighted by Gasteiger charge is 2.09. The van der Waals surface area contributed by atoms with E-state index in [9.17, 15) is 14.0 Å². The Kier molecular flexibility index (Phi) is 5.10. The maximum atomic E-state index is 13.2. The first-order valence-corrected chi connectivity index (χ1v) is 5.50. The number of nitrogens with one attached hydrogen (secondary N) is 2. The quantitative estimate of drug-likeness (QED) is 0.781. The summed E-state index contributed by atoms with van der Waals surface area (Å²) in [5.74, 6) is -1.06. The van der Waals surface area contributed by atoms with Crippen molar-refractivity contribution in [3.8, 4) is 0 Å². The lowest BCUT2D eigenvalue weighted by Gasteiger charge is -2.12. The Hall–Kier alpha value is -2.11. The molecule has 0 aliphatic heterocycles. The van der Waals surface area contributed by atoms with Crippen LogP contribution in [0.4, 0.5) is 9.18 Å². The number of carbonyl (C=O) groups excluding carboxylic acids is 2. The van der Waals surface area contributed by atoms with Gasteiger partial charge in [-0.3, -0.25) is 4.79 Å². The highest BCUT2D eigenvalue weighted by molar-refractivity contribution is 5.94. The summed E-state index contributed by atoms with van der Waals surface area (Å²) in [6.45, 7) is 0.532. The molecule has 0 spiro atoms. The number of urea groups is 1. The number of nitrogens with zero attached hydrogens (tertiary/aromatic N) is 1. The SMILES string of the molecule is CN(C)C(=O)NCCNC(=O)c1ccccc1F. The van der Waals surface area contributed by atoms with Gasteiger partial charge in [0.25, 0.3) is 5.91 Å². The summed E-state index contributed by atoms with van der Waals surface area (Å²) >= 11 is 0. The van der Waals surface area contributed by atoms with Gasteiger partial charge in [-0.25, -0.2) is 9.18 Å². The number of halogens is 1. The second kappa shape index (κ2) is 6.58. The van der Waals surface area contributed by atoms with E-state index in [0.29, 0.717) is 0 Å². The first-order valence-electron chi connectivity index (χ1n) is 5.50. The number of amides is 3. The highest BCUT2D eigenvalue weighted by atomic mass is 19.1. The summed E-state index contributed by atoms with van der Waals surface area (Å²) in [5, 5.41) is 5.10. The molecule has 1 aromatic rings. The standard InChI is InChI=1S/C12H16FN3O2/c1-16(2)12(18)15-8-7-14-11(17)9-5-3-4-6-10(9)13/h3-6H,7-8H2,1-2H3,(H,14,17)(H,15,18). The van der Waals surface area contributed by atoms with Crippen molar-refractivity contribution in [1.29, 1.82) is 0 Å². The van der Waals surface area contributed by atoms with Gasteiger partial charge in [-0.1, -0.05) is 12.1 Å². The van der Waals surface area contributed by atoms with Crippen LogP contribution in [0.2, 0.25) is 0 Å². The molecule has 0 fully saturated rings. The van der Waals surface area contributed by atoms with Gasteiger partial charge in [-0.2, -0.15) is 0 Å². The highest BCUT2D eigenvalue weighted by Crippen LogP contribution is 2.05. The summed E-state index contributed by atoms with van der Waals surface area (Å²) in [6, 6.07) is 5.50. The van der Waals surface area contributed by atoms with Gasteiger partial charge in [0.05, 0.1) is 5.56 Å². The van der Waals surface area contributed by atoms with Crippen LogP contribution in [0.3, 0.4) is 0 Å². The molecule has 0 aliphatic carbocycles. The Morgan fingerprint density at radius 1 is 1.17 bits per heavy atom. The third-order valence-electron chi connectivity index (χ3n) is 2.21. The van der Waals surface area contributed by atoms with E-state index in [4.69, 9.17) is 0 Å². The number of rotatable bonds is 4. The van der Waals surface area contributed by atoms with Gasteiger partial charge in [0, 0.05) is 27.2 Å². The lowest BCUT2D eigenvalue weighted by Crippen LogP contribution is -2.39. The van der Waals surface area contributed by atoms with E-state index in [1.807, 2.05) is 0 Å². The average Bonchev–Trinajstić information content (AvgIpc) is 2.34. The van der Waals surface area contributed by atoms with Crippen molar-refractivity contribution in [2.75, 3.05) is 27.2 Å². The van der Waals surface area contributed by atoms with Gasteiger partial charge >= 0.3 is 6.03 Å². The molecular formula is C12H16FN3O2. The van der Waals surface area contributed by atoms with E-state index in [2.05, 4.69) is 10.6 Å². The molecular weight excluding hydrogens is 237 g/mol. The fraction of sp³-hybridized carbons (Fsp3) is 0.333. The second-order valence-corrected chi connectivity index (χ2v) is 3.86. The number of hydrogen-bond donors (Lipinski definition) is 2. The van der Waals surface area contributed by atoms with Crippen LogP contribution in [0.15, 0.2) is 24.3 Å². The van der Waals surface area contributed by atoms with Crippen molar-refractivity contribution in [2.45, 2.75) is 0 Å². The monoisotopic (exact) mass is 253 g/mol. The van der Waals surface area contributed by atoms with Crippen LogP contribution in [0.5, 0.6) is 0 Å². The van der Waals surface area contributed by atoms with Gasteiger partial charge in [-0.05, 0) is 12.1 Å². The zero-order chi connectivity index (χ0) is 13.5. The van der Waals surface area contributed by atoms with Crippen LogP contribution in [-0.4, -0.2) is 44.0 Å². The van der Waals surface area contributed by atoms with Gasteiger partial charge in [0.1, 0.15) is 5.82 Å². The first-order chi connectivity index (χ1) is 8.52. The van der Waals surface area contributed by atoms with Crippen molar-refractivity contribution < 1.29 is 14.0 Å². The van der Waals surface area contributed by atoms with E-state index in [1.54, 1.807) is 20.2 Å². The fourth-order valence-electron chi connectivity index (χ4n) is 1.24. The van der Waals surface area contributed by atoms with Crippen LogP contribution in [0, 0.1) is 5.82 Å². The lowest BCUT2D eigenvalue weighted by molar-refractivity contribution is 0.0949. The largest absolute Gasteiger partial charge is 0.350 e. The van der Waals surface area contributed by atoms with Gasteiger partial charge in [0.2, 0.25) is 0 Å². The van der Waals surface area contributed by atoms with E-state index in [-0.39, 0.29) is 24.7 Å². The molecule has 0 aromatic heterocycles. The molecule has 0 radical (unpaired) electrons. The molecule has 0 unspecified atom stereocenters. The van der Waals surface area contributed by atoms with Crippen LogP contribution in [0.25, 0.3) is 0 Å². The molecule has 2 N–H and O–H groups in total. The van der Waals surface area contributed by atoms with E-state index in [0.717, 1.165) is 0 Å². The van der Waals surface area contributed by atoms with Crippen LogP contribution in [0.1, 0.15) is 10.4 Å². The van der Waals surface area contributed by atoms with Crippen LogP contribution in [-0.2, 0) is 0 Å². The fourth-order valence-corrected chi connectivity index (χ4v) is 1.24. The topological polar surface area (TPSA) is 61.4 Å². The van der Waals surface area contributed by atoms with E-state index < -0.39 is 11.7 Å². The van der Waals surface area contributed by atoms with E-state index >= 15 is 0 Å². The Balaban J connectivity index is 2.35. The van der Waals surface area contributed by atoms with Gasteiger partial charge in [0.15, 0.2) is 0 Å². The molecule has 6 heteroatoms. The third kappa shape index (κ3) is 4.04. The molecule has 18 heavy (non-hydrogen) atoms. The summed E-state index contributed by atoms with van der Waals surface area (Å²) in [7, 11) is 3.24. The molecule has 0 heterocycles. The maximum absolute atomic E-state index is 13.2. The van der Waals surface area contributed by atoms with Crippen molar-refractivity contribution in [3.05, 3.63) is 35.6 Å². The number of hydrogen-bond acceptors (Lipinski definition) is 2. The second-order valence-electron chi connectivity index (χ2n) is 3.86. The summed E-state index contributed by atoms with van der Waals surface area (Å²) in [5.41, 5.74) is -0.00330. The summed E-state index contributed by atoms with van der Waals surface area (Å²) in [4.78, 5) is 24.1. The van der Waals surface area contributed by atoms with Crippen LogP contribution >= 0.6 is 0 Å². The zero-order valence-electron chi connectivity index (χ0n) is 10.4. The minimum absolute atomic E-state index is 0.00330. The summed E-state index contributed by atoms with van der Waals surface area (Å²) < 4.78 is 13.2. The maximum Gasteiger partial charge on any atom is 0.316 e. The molecule has 5 nitrogen and oxygen atoms in total. The summed E-state index contributed by atoms with van der Waals surface area (Å²) in [6.07, 6.45) is 0. The third-order valence-corrected chi connectivity index (χ3v) is 2.21. The molecule has 1 aromatic carbocycles. The molecule has 3 amide bonds. The molecule has 0 saturated heterocycles. The zero-order valence-corrected chi connectivity index (χ0v) is 10.4. The van der Waals surface area contributed by atoms with Gasteiger partial charge < -0.3 is 15.5 Å². The Bertz CT molecular complexity index is 435. The predicted octanol–water partition coefficient (Wildman–Crippen LogP) is 0.827. The molecule has 0 aliphatic rings. The van der Waals surface area contributed by atoms with Crippen molar-refractivity contribution >= 4 is 11.9 Å². The minimum Gasteiger partial charge on any atom is -0.350 e. The van der Waals surface area contributed by atoms with Crippen LogP contribution < -0.4 is 10.6 Å². The smallest absolute Gasteiger partial charge is 0.316 e. The molecule has 1 rings (SSSR count). The van der Waals surface area contributed by atoms with Gasteiger partial charge in [-0.15, -0.1) is 0 Å². The van der Waals surface area contributed by atoms with Crippen molar-refractivity contribution in [2.24, 2.45) is 0 Å². The minimum atomic E-state index is -0.563.